The predicted molar refractivity (Wildman–Crippen MR) is 89.8 cm³/mol. The second-order valence-corrected chi connectivity index (χ2v) is 7.64. The number of aromatic nitrogens is 1. The monoisotopic (exact) mass is 330 g/mol. The molecule has 130 valence electrons. The fraction of sp³-hybridized carbons (Fsp3) is 0.667. The van der Waals surface area contributed by atoms with Crippen molar-refractivity contribution in [1.82, 2.24) is 20.3 Å². The van der Waals surface area contributed by atoms with Gasteiger partial charge in [0.15, 0.2) is 0 Å². The SMILES string of the molecule is CN1[C@@H]2CC[C@H]1C[C@@H](CN1CCc3ncc(C(=O)NO)cc3C1)C2. The molecular formula is C18H26N4O2. The minimum atomic E-state index is -0.491. The lowest BCUT2D eigenvalue weighted by atomic mass is 9.90. The fourth-order valence-corrected chi connectivity index (χ4v) is 4.87. The van der Waals surface area contributed by atoms with Gasteiger partial charge in [-0.2, -0.15) is 0 Å². The summed E-state index contributed by atoms with van der Waals surface area (Å²) in [6.07, 6.45) is 7.86. The highest BCUT2D eigenvalue weighted by atomic mass is 16.5. The Bertz CT molecular complexity index is 621. The maximum atomic E-state index is 11.6. The first-order valence-electron chi connectivity index (χ1n) is 9.00. The molecule has 0 saturated carbocycles. The molecule has 24 heavy (non-hydrogen) atoms. The van der Waals surface area contributed by atoms with Crippen molar-refractivity contribution in [3.8, 4) is 0 Å². The van der Waals surface area contributed by atoms with Gasteiger partial charge >= 0.3 is 0 Å². The molecule has 3 atom stereocenters. The first-order valence-corrected chi connectivity index (χ1v) is 9.00. The Balaban J connectivity index is 1.42. The zero-order valence-electron chi connectivity index (χ0n) is 14.2. The zero-order chi connectivity index (χ0) is 16.7. The van der Waals surface area contributed by atoms with Crippen LogP contribution in [0.15, 0.2) is 12.3 Å². The highest BCUT2D eigenvalue weighted by molar-refractivity contribution is 5.93. The van der Waals surface area contributed by atoms with Crippen molar-refractivity contribution < 1.29 is 10.0 Å². The van der Waals surface area contributed by atoms with Crippen molar-refractivity contribution in [3.63, 3.8) is 0 Å². The molecule has 0 radical (unpaired) electrons. The topological polar surface area (TPSA) is 68.7 Å². The average molecular weight is 330 g/mol. The first-order chi connectivity index (χ1) is 11.6. The van der Waals surface area contributed by atoms with Crippen LogP contribution in [0.5, 0.6) is 0 Å². The molecule has 0 aromatic carbocycles. The largest absolute Gasteiger partial charge is 0.300 e. The number of nitrogens with zero attached hydrogens (tertiary/aromatic N) is 3. The lowest BCUT2D eigenvalue weighted by Gasteiger charge is -2.39. The minimum Gasteiger partial charge on any atom is -0.300 e. The van der Waals surface area contributed by atoms with Gasteiger partial charge in [-0.25, -0.2) is 5.48 Å². The van der Waals surface area contributed by atoms with Gasteiger partial charge in [-0.15, -0.1) is 0 Å². The zero-order valence-corrected chi connectivity index (χ0v) is 14.2. The summed E-state index contributed by atoms with van der Waals surface area (Å²) in [6.45, 7) is 3.06. The van der Waals surface area contributed by atoms with Gasteiger partial charge in [0.05, 0.1) is 5.56 Å². The van der Waals surface area contributed by atoms with E-state index in [9.17, 15) is 4.79 Å². The summed E-state index contributed by atoms with van der Waals surface area (Å²) in [5.74, 6) is 0.298. The molecule has 1 aromatic heterocycles. The smallest absolute Gasteiger partial charge is 0.276 e. The molecule has 6 nitrogen and oxygen atoms in total. The van der Waals surface area contributed by atoms with E-state index in [0.717, 1.165) is 55.3 Å². The van der Waals surface area contributed by atoms with E-state index in [-0.39, 0.29) is 0 Å². The van der Waals surface area contributed by atoms with Gasteiger partial charge in [0.2, 0.25) is 0 Å². The van der Waals surface area contributed by atoms with Crippen LogP contribution in [-0.2, 0) is 13.0 Å². The normalized spacial score (nSPS) is 30.2. The van der Waals surface area contributed by atoms with Gasteiger partial charge in [0, 0.05) is 50.0 Å². The maximum Gasteiger partial charge on any atom is 0.276 e. The van der Waals surface area contributed by atoms with E-state index in [4.69, 9.17) is 5.21 Å². The van der Waals surface area contributed by atoms with Gasteiger partial charge in [-0.3, -0.25) is 19.9 Å². The quantitative estimate of drug-likeness (QED) is 0.648. The highest BCUT2D eigenvalue weighted by Gasteiger charge is 2.38. The van der Waals surface area contributed by atoms with Crippen molar-refractivity contribution in [2.75, 3.05) is 20.1 Å². The van der Waals surface area contributed by atoms with Crippen molar-refractivity contribution >= 4 is 5.91 Å². The number of carbonyl (C=O) groups excluding carboxylic acids is 1. The van der Waals surface area contributed by atoms with Crippen molar-refractivity contribution in [1.29, 1.82) is 0 Å². The van der Waals surface area contributed by atoms with E-state index in [1.54, 1.807) is 11.7 Å². The molecule has 2 bridgehead atoms. The van der Waals surface area contributed by atoms with Crippen LogP contribution >= 0.6 is 0 Å². The fourth-order valence-electron chi connectivity index (χ4n) is 4.87. The molecule has 2 saturated heterocycles. The Morgan fingerprint density at radius 2 is 2.12 bits per heavy atom. The Labute approximate surface area is 142 Å². The van der Waals surface area contributed by atoms with Crippen LogP contribution in [-0.4, -0.2) is 58.1 Å². The Morgan fingerprint density at radius 3 is 2.83 bits per heavy atom. The molecule has 0 spiro atoms. The third-order valence-electron chi connectivity index (χ3n) is 6.19. The second-order valence-electron chi connectivity index (χ2n) is 7.64. The molecule has 0 aliphatic carbocycles. The molecule has 6 heteroatoms. The van der Waals surface area contributed by atoms with Gasteiger partial charge in [0.25, 0.3) is 5.91 Å². The van der Waals surface area contributed by atoms with Gasteiger partial charge in [-0.05, 0) is 50.3 Å². The van der Waals surface area contributed by atoms with Crippen LogP contribution < -0.4 is 5.48 Å². The maximum absolute atomic E-state index is 11.6. The second kappa shape index (κ2) is 6.43. The number of piperidine rings is 1. The third kappa shape index (κ3) is 2.94. The lowest BCUT2D eigenvalue weighted by Crippen LogP contribution is -2.44. The van der Waals surface area contributed by atoms with Crippen LogP contribution in [0.2, 0.25) is 0 Å². The summed E-state index contributed by atoms with van der Waals surface area (Å²) in [4.78, 5) is 21.1. The van der Waals surface area contributed by atoms with Gasteiger partial charge < -0.3 is 4.90 Å². The first kappa shape index (κ1) is 16.0. The summed E-state index contributed by atoms with van der Waals surface area (Å²) in [7, 11) is 2.29. The number of rotatable bonds is 3. The van der Waals surface area contributed by atoms with E-state index >= 15 is 0 Å². The molecule has 2 N–H and O–H groups in total. The number of fused-ring (bicyclic) bond motifs is 3. The highest BCUT2D eigenvalue weighted by Crippen LogP contribution is 2.38. The van der Waals surface area contributed by atoms with E-state index < -0.39 is 5.91 Å². The predicted octanol–water partition coefficient (Wildman–Crippen LogP) is 1.43. The van der Waals surface area contributed by atoms with Crippen molar-refractivity contribution in [2.24, 2.45) is 5.92 Å². The number of nitrogens with one attached hydrogen (secondary N) is 1. The molecule has 0 unspecified atom stereocenters. The van der Waals surface area contributed by atoms with Crippen molar-refractivity contribution in [3.05, 3.63) is 29.1 Å². The van der Waals surface area contributed by atoms with E-state index in [0.29, 0.717) is 5.56 Å². The molecule has 3 aliphatic rings. The van der Waals surface area contributed by atoms with Crippen molar-refractivity contribution in [2.45, 2.75) is 50.7 Å². The summed E-state index contributed by atoms with van der Waals surface area (Å²) in [5, 5.41) is 8.80. The molecule has 3 aliphatic heterocycles. The summed E-state index contributed by atoms with van der Waals surface area (Å²) in [6, 6.07) is 3.44. The van der Waals surface area contributed by atoms with E-state index in [1.807, 2.05) is 6.07 Å². The Morgan fingerprint density at radius 1 is 1.38 bits per heavy atom. The van der Waals surface area contributed by atoms with Crippen LogP contribution in [0.4, 0.5) is 0 Å². The molecule has 1 amide bonds. The summed E-state index contributed by atoms with van der Waals surface area (Å²) in [5.41, 5.74) is 4.33. The van der Waals surface area contributed by atoms with Gasteiger partial charge in [-0.1, -0.05) is 0 Å². The number of amides is 1. The lowest BCUT2D eigenvalue weighted by molar-refractivity contribution is 0.0705. The Kier molecular flexibility index (Phi) is 4.28. The van der Waals surface area contributed by atoms with Crippen LogP contribution in [0.3, 0.4) is 0 Å². The number of hydroxylamine groups is 1. The number of pyridine rings is 1. The number of hydrogen-bond acceptors (Lipinski definition) is 5. The number of hydrogen-bond donors (Lipinski definition) is 2. The third-order valence-corrected chi connectivity index (χ3v) is 6.19. The summed E-state index contributed by atoms with van der Waals surface area (Å²) < 4.78 is 0. The van der Waals surface area contributed by atoms with E-state index in [2.05, 4.69) is 21.8 Å². The van der Waals surface area contributed by atoms with Crippen LogP contribution in [0.25, 0.3) is 0 Å². The number of carbonyl (C=O) groups is 1. The average Bonchev–Trinajstić information content (AvgIpc) is 2.82. The van der Waals surface area contributed by atoms with Crippen LogP contribution in [0.1, 0.15) is 47.3 Å². The molecule has 4 heterocycles. The minimum absolute atomic E-state index is 0.426. The Hall–Kier alpha value is -1.50. The van der Waals surface area contributed by atoms with Crippen LogP contribution in [0, 0.1) is 5.92 Å². The molecule has 2 fully saturated rings. The standard InChI is InChI=1S/C18H26N4O2/c1-21-15-2-3-16(21)7-12(6-15)10-22-5-4-17-14(11-22)8-13(9-19-17)18(23)20-24/h8-9,12,15-16,24H,2-7,10-11H2,1H3,(H,20,23)/t12-,15+,16-. The van der Waals surface area contributed by atoms with E-state index in [1.165, 1.54) is 25.7 Å². The molecular weight excluding hydrogens is 304 g/mol. The summed E-state index contributed by atoms with van der Waals surface area (Å²) >= 11 is 0. The molecule has 1 aromatic rings. The van der Waals surface area contributed by atoms with Gasteiger partial charge in [0.1, 0.15) is 0 Å². The molecule has 4 rings (SSSR count).